The number of rotatable bonds is 4. The lowest BCUT2D eigenvalue weighted by Gasteiger charge is -2.02. The molecule has 1 rings (SSSR count). The first-order valence-corrected chi connectivity index (χ1v) is 4.08. The molecule has 1 N–H and O–H groups in total. The van der Waals surface area contributed by atoms with Gasteiger partial charge in [-0.3, -0.25) is 4.79 Å². The summed E-state index contributed by atoms with van der Waals surface area (Å²) in [5.41, 5.74) is 3.18. The van der Waals surface area contributed by atoms with E-state index in [1.165, 1.54) is 0 Å². The molecule has 0 aromatic heterocycles. The number of carbonyl (C=O) groups excluding carboxylic acids is 1. The van der Waals surface area contributed by atoms with E-state index in [0.29, 0.717) is 5.56 Å². The SMILES string of the molecule is Cc1ccccc1C(=O)CN[N+](=O)[O-]. The summed E-state index contributed by atoms with van der Waals surface area (Å²) in [5, 5.41) is 9.24. The van der Waals surface area contributed by atoms with Crippen molar-refractivity contribution in [1.29, 1.82) is 0 Å². The average Bonchev–Trinajstić information content (AvgIpc) is 2.15. The van der Waals surface area contributed by atoms with Crippen LogP contribution in [-0.2, 0) is 0 Å². The van der Waals surface area contributed by atoms with E-state index in [1.54, 1.807) is 25.1 Å². The number of nitrogens with one attached hydrogen (secondary N) is 1. The van der Waals surface area contributed by atoms with Crippen LogP contribution in [-0.4, -0.2) is 17.4 Å². The molecule has 0 aliphatic rings. The first-order chi connectivity index (χ1) is 6.61. The quantitative estimate of drug-likeness (QED) is 0.440. The van der Waals surface area contributed by atoms with Gasteiger partial charge in [0.2, 0.25) is 0 Å². The van der Waals surface area contributed by atoms with Crippen LogP contribution >= 0.6 is 0 Å². The summed E-state index contributed by atoms with van der Waals surface area (Å²) in [6.07, 6.45) is 0. The Bertz CT molecular complexity index is 363. The first kappa shape index (κ1) is 10.2. The van der Waals surface area contributed by atoms with Gasteiger partial charge < -0.3 is 0 Å². The number of benzene rings is 1. The van der Waals surface area contributed by atoms with Crippen molar-refractivity contribution in [1.82, 2.24) is 5.43 Å². The van der Waals surface area contributed by atoms with E-state index in [1.807, 2.05) is 11.5 Å². The number of Topliss-reactive ketones (excluding diaryl/α,β-unsaturated/α-hetero) is 1. The van der Waals surface area contributed by atoms with Gasteiger partial charge in [0.05, 0.1) is 0 Å². The van der Waals surface area contributed by atoms with Gasteiger partial charge in [-0.1, -0.05) is 24.3 Å². The second-order valence-corrected chi connectivity index (χ2v) is 2.83. The van der Waals surface area contributed by atoms with Crippen molar-refractivity contribution in [3.8, 4) is 0 Å². The zero-order valence-electron chi connectivity index (χ0n) is 7.69. The minimum atomic E-state index is -0.726. The monoisotopic (exact) mass is 194 g/mol. The van der Waals surface area contributed by atoms with Crippen LogP contribution in [0.2, 0.25) is 0 Å². The second-order valence-electron chi connectivity index (χ2n) is 2.83. The molecular weight excluding hydrogens is 184 g/mol. The van der Waals surface area contributed by atoms with E-state index >= 15 is 0 Å². The highest BCUT2D eigenvalue weighted by Gasteiger charge is 2.09. The molecule has 0 atom stereocenters. The van der Waals surface area contributed by atoms with Gasteiger partial charge in [-0.15, -0.1) is 5.43 Å². The molecule has 1 aromatic carbocycles. The van der Waals surface area contributed by atoms with Crippen molar-refractivity contribution >= 4 is 5.78 Å². The molecule has 14 heavy (non-hydrogen) atoms. The number of hydrazine groups is 1. The topological polar surface area (TPSA) is 72.2 Å². The van der Waals surface area contributed by atoms with Gasteiger partial charge in [0.1, 0.15) is 6.54 Å². The summed E-state index contributed by atoms with van der Waals surface area (Å²) in [5.74, 6) is -0.278. The van der Waals surface area contributed by atoms with Crippen LogP contribution in [0.1, 0.15) is 15.9 Å². The van der Waals surface area contributed by atoms with Crippen LogP contribution < -0.4 is 5.43 Å². The van der Waals surface area contributed by atoms with Gasteiger partial charge in [0.25, 0.3) is 0 Å². The van der Waals surface area contributed by atoms with Crippen molar-refractivity contribution in [2.75, 3.05) is 6.54 Å². The van der Waals surface area contributed by atoms with Crippen molar-refractivity contribution in [2.24, 2.45) is 0 Å². The number of carbonyl (C=O) groups is 1. The van der Waals surface area contributed by atoms with Gasteiger partial charge in [0, 0.05) is 5.56 Å². The van der Waals surface area contributed by atoms with Crippen molar-refractivity contribution in [3.63, 3.8) is 0 Å². The Labute approximate surface area is 80.9 Å². The van der Waals surface area contributed by atoms with E-state index in [-0.39, 0.29) is 12.3 Å². The standard InChI is InChI=1S/C9H10N2O3/c1-7-4-2-3-5-8(7)9(12)6-10-11(13)14/h2-5,10H,6H2,1H3. The maximum Gasteiger partial charge on any atom is 0.188 e. The molecule has 0 spiro atoms. The number of nitro groups is 1. The number of hydrogen-bond donors (Lipinski definition) is 1. The molecule has 0 saturated heterocycles. The van der Waals surface area contributed by atoms with Crippen LogP contribution in [0.25, 0.3) is 0 Å². The molecule has 0 radical (unpaired) electrons. The summed E-state index contributed by atoms with van der Waals surface area (Å²) in [6.45, 7) is 1.51. The molecular formula is C9H10N2O3. The van der Waals surface area contributed by atoms with Crippen molar-refractivity contribution in [3.05, 3.63) is 45.5 Å². The van der Waals surface area contributed by atoms with Gasteiger partial charge in [-0.25, -0.2) is 10.1 Å². The third kappa shape index (κ3) is 2.55. The number of ketones is 1. The summed E-state index contributed by atoms with van der Waals surface area (Å²) >= 11 is 0. The van der Waals surface area contributed by atoms with Gasteiger partial charge in [-0.2, -0.15) is 0 Å². The Kier molecular flexibility index (Phi) is 3.17. The number of aryl methyl sites for hydroxylation is 1. The summed E-state index contributed by atoms with van der Waals surface area (Å²) in [7, 11) is 0. The minimum absolute atomic E-state index is 0.278. The maximum atomic E-state index is 11.4. The highest BCUT2D eigenvalue weighted by molar-refractivity contribution is 5.98. The molecule has 0 unspecified atom stereocenters. The lowest BCUT2D eigenvalue weighted by atomic mass is 10.1. The lowest BCUT2D eigenvalue weighted by Crippen LogP contribution is -2.28. The van der Waals surface area contributed by atoms with Crippen molar-refractivity contribution in [2.45, 2.75) is 6.92 Å². The zero-order chi connectivity index (χ0) is 10.6. The van der Waals surface area contributed by atoms with Crippen LogP contribution in [0.3, 0.4) is 0 Å². The Balaban J connectivity index is 2.70. The summed E-state index contributed by atoms with van der Waals surface area (Å²) in [4.78, 5) is 21.4. The highest BCUT2D eigenvalue weighted by atomic mass is 16.7. The van der Waals surface area contributed by atoms with Gasteiger partial charge in [-0.05, 0) is 12.5 Å². The van der Waals surface area contributed by atoms with E-state index in [2.05, 4.69) is 0 Å². The molecule has 74 valence electrons. The maximum absolute atomic E-state index is 11.4. The van der Waals surface area contributed by atoms with Gasteiger partial charge >= 0.3 is 0 Å². The molecule has 5 nitrogen and oxygen atoms in total. The number of nitrogens with zero attached hydrogens (tertiary/aromatic N) is 1. The molecule has 5 heteroatoms. The zero-order valence-corrected chi connectivity index (χ0v) is 7.69. The third-order valence-electron chi connectivity index (χ3n) is 1.81. The van der Waals surface area contributed by atoms with Crippen molar-refractivity contribution < 1.29 is 9.83 Å². The Hall–Kier alpha value is -1.91. The molecule has 0 bridgehead atoms. The van der Waals surface area contributed by atoms with Crippen LogP contribution in [0.5, 0.6) is 0 Å². The van der Waals surface area contributed by atoms with E-state index in [0.717, 1.165) is 5.56 Å². The minimum Gasteiger partial charge on any atom is -0.292 e. The molecule has 0 heterocycles. The van der Waals surface area contributed by atoms with Gasteiger partial charge in [0.15, 0.2) is 10.8 Å². The molecule has 0 aliphatic heterocycles. The van der Waals surface area contributed by atoms with Crippen LogP contribution in [0, 0.1) is 17.0 Å². The normalized spacial score (nSPS) is 9.50. The predicted molar refractivity (Wildman–Crippen MR) is 50.5 cm³/mol. The van der Waals surface area contributed by atoms with E-state index < -0.39 is 5.03 Å². The molecule has 0 amide bonds. The Morgan fingerprint density at radius 2 is 2.14 bits per heavy atom. The smallest absolute Gasteiger partial charge is 0.188 e. The number of hydrogen-bond acceptors (Lipinski definition) is 3. The second kappa shape index (κ2) is 4.36. The summed E-state index contributed by atoms with van der Waals surface area (Å²) in [6, 6.07) is 6.98. The first-order valence-electron chi connectivity index (χ1n) is 4.08. The largest absolute Gasteiger partial charge is 0.292 e. The van der Waals surface area contributed by atoms with Crippen LogP contribution in [0.4, 0.5) is 0 Å². The molecule has 1 aromatic rings. The Morgan fingerprint density at radius 3 is 2.71 bits per heavy atom. The molecule has 0 aliphatic carbocycles. The van der Waals surface area contributed by atoms with Crippen LogP contribution in [0.15, 0.2) is 24.3 Å². The molecule has 0 saturated carbocycles. The van der Waals surface area contributed by atoms with E-state index in [4.69, 9.17) is 0 Å². The summed E-state index contributed by atoms with van der Waals surface area (Å²) < 4.78 is 0. The Morgan fingerprint density at radius 1 is 1.50 bits per heavy atom. The predicted octanol–water partition coefficient (Wildman–Crippen LogP) is 0.959. The fourth-order valence-corrected chi connectivity index (χ4v) is 1.12. The third-order valence-corrected chi connectivity index (χ3v) is 1.81. The molecule has 0 fully saturated rings. The lowest BCUT2D eigenvalue weighted by molar-refractivity contribution is -0.541. The highest BCUT2D eigenvalue weighted by Crippen LogP contribution is 2.06. The fraction of sp³-hybridized carbons (Fsp3) is 0.222. The fourth-order valence-electron chi connectivity index (χ4n) is 1.12. The average molecular weight is 194 g/mol. The van der Waals surface area contributed by atoms with E-state index in [9.17, 15) is 14.9 Å².